The van der Waals surface area contributed by atoms with Crippen LogP contribution in [0.1, 0.15) is 25.3 Å². The summed E-state index contributed by atoms with van der Waals surface area (Å²) >= 11 is 0. The van der Waals surface area contributed by atoms with Crippen LogP contribution in [0.15, 0.2) is 60.8 Å². The quantitative estimate of drug-likeness (QED) is 0.674. The Bertz CT molecular complexity index is 698. The maximum Gasteiger partial charge on any atom is 0.0455 e. The van der Waals surface area contributed by atoms with Gasteiger partial charge in [-0.15, -0.1) is 0 Å². The van der Waals surface area contributed by atoms with Crippen LogP contribution >= 0.6 is 0 Å². The van der Waals surface area contributed by atoms with Crippen molar-refractivity contribution in [2.45, 2.75) is 19.8 Å². The predicted molar refractivity (Wildman–Crippen MR) is 90.8 cm³/mol. The molecule has 2 N–H and O–H groups in total. The lowest BCUT2D eigenvalue weighted by Crippen LogP contribution is -2.17. The van der Waals surface area contributed by atoms with E-state index >= 15 is 0 Å². The van der Waals surface area contributed by atoms with Gasteiger partial charge in [-0.2, -0.15) is 0 Å². The van der Waals surface area contributed by atoms with E-state index in [0.29, 0.717) is 11.8 Å². The van der Waals surface area contributed by atoms with Gasteiger partial charge < -0.3 is 10.3 Å². The standard InChI is InChI=1S/C19H22N2/c1-14(2)18(15-6-4-3-5-7-15)13-21-17-8-9-19-16(12-17)10-11-20-19/h3-12,14,18,20-21H,13H2,1-2H3. The van der Waals surface area contributed by atoms with Crippen molar-refractivity contribution in [3.63, 3.8) is 0 Å². The number of hydrogen-bond acceptors (Lipinski definition) is 1. The molecule has 108 valence electrons. The second-order valence-corrected chi connectivity index (χ2v) is 5.92. The molecule has 0 aliphatic heterocycles. The van der Waals surface area contributed by atoms with Crippen molar-refractivity contribution in [2.75, 3.05) is 11.9 Å². The van der Waals surface area contributed by atoms with Gasteiger partial charge in [-0.05, 0) is 35.7 Å². The van der Waals surface area contributed by atoms with Gasteiger partial charge in [-0.3, -0.25) is 0 Å². The van der Waals surface area contributed by atoms with Crippen LogP contribution in [0.2, 0.25) is 0 Å². The summed E-state index contributed by atoms with van der Waals surface area (Å²) in [5.74, 6) is 1.13. The van der Waals surface area contributed by atoms with Gasteiger partial charge in [-0.25, -0.2) is 0 Å². The fourth-order valence-electron chi connectivity index (χ4n) is 2.83. The summed E-state index contributed by atoms with van der Waals surface area (Å²) in [7, 11) is 0. The molecule has 0 amide bonds. The van der Waals surface area contributed by atoms with E-state index in [4.69, 9.17) is 0 Å². The lowest BCUT2D eigenvalue weighted by molar-refractivity contribution is 0.517. The fraction of sp³-hybridized carbons (Fsp3) is 0.263. The summed E-state index contributed by atoms with van der Waals surface area (Å²) in [5.41, 5.74) is 3.77. The Morgan fingerprint density at radius 1 is 1.00 bits per heavy atom. The zero-order valence-corrected chi connectivity index (χ0v) is 12.6. The first-order valence-corrected chi connectivity index (χ1v) is 7.60. The van der Waals surface area contributed by atoms with E-state index in [9.17, 15) is 0 Å². The van der Waals surface area contributed by atoms with Crippen LogP contribution in [-0.2, 0) is 0 Å². The number of aromatic amines is 1. The summed E-state index contributed by atoms with van der Waals surface area (Å²) in [5, 5.41) is 4.84. The summed E-state index contributed by atoms with van der Waals surface area (Å²) in [6.45, 7) is 5.53. The topological polar surface area (TPSA) is 27.8 Å². The first-order chi connectivity index (χ1) is 10.2. The number of hydrogen-bond donors (Lipinski definition) is 2. The van der Waals surface area contributed by atoms with Crippen molar-refractivity contribution in [1.82, 2.24) is 4.98 Å². The molecular weight excluding hydrogens is 256 g/mol. The molecular formula is C19H22N2. The van der Waals surface area contributed by atoms with Gasteiger partial charge >= 0.3 is 0 Å². The molecule has 0 aliphatic carbocycles. The van der Waals surface area contributed by atoms with Gasteiger partial charge in [-0.1, -0.05) is 44.2 Å². The van der Waals surface area contributed by atoms with Crippen LogP contribution in [0, 0.1) is 5.92 Å². The van der Waals surface area contributed by atoms with E-state index in [0.717, 1.165) is 6.54 Å². The number of nitrogens with one attached hydrogen (secondary N) is 2. The Balaban J connectivity index is 1.74. The van der Waals surface area contributed by atoms with Crippen molar-refractivity contribution in [3.8, 4) is 0 Å². The van der Waals surface area contributed by atoms with Crippen LogP contribution in [0.25, 0.3) is 10.9 Å². The lowest BCUT2D eigenvalue weighted by atomic mass is 9.88. The fourth-order valence-corrected chi connectivity index (χ4v) is 2.83. The molecule has 0 fully saturated rings. The summed E-state index contributed by atoms with van der Waals surface area (Å²) in [6, 6.07) is 19.3. The minimum Gasteiger partial charge on any atom is -0.384 e. The molecule has 0 saturated carbocycles. The van der Waals surface area contributed by atoms with Gasteiger partial charge in [0.1, 0.15) is 0 Å². The molecule has 0 aliphatic rings. The van der Waals surface area contributed by atoms with E-state index in [1.807, 2.05) is 6.20 Å². The van der Waals surface area contributed by atoms with E-state index in [-0.39, 0.29) is 0 Å². The second-order valence-electron chi connectivity index (χ2n) is 5.92. The van der Waals surface area contributed by atoms with Crippen molar-refractivity contribution in [2.24, 2.45) is 5.92 Å². The third kappa shape index (κ3) is 3.10. The third-order valence-electron chi connectivity index (χ3n) is 4.11. The number of rotatable bonds is 5. The Hall–Kier alpha value is -2.22. The van der Waals surface area contributed by atoms with E-state index in [1.165, 1.54) is 22.2 Å². The normalized spacial score (nSPS) is 12.7. The first-order valence-electron chi connectivity index (χ1n) is 7.60. The average Bonchev–Trinajstić information content (AvgIpc) is 2.96. The molecule has 1 aromatic heterocycles. The molecule has 21 heavy (non-hydrogen) atoms. The number of H-pyrrole nitrogens is 1. The minimum absolute atomic E-state index is 0.521. The highest BCUT2D eigenvalue weighted by atomic mass is 14.9. The largest absolute Gasteiger partial charge is 0.384 e. The zero-order valence-electron chi connectivity index (χ0n) is 12.6. The molecule has 2 aromatic carbocycles. The highest BCUT2D eigenvalue weighted by Crippen LogP contribution is 2.25. The van der Waals surface area contributed by atoms with Crippen LogP contribution in [0.4, 0.5) is 5.69 Å². The third-order valence-corrected chi connectivity index (χ3v) is 4.11. The second kappa shape index (κ2) is 6.04. The van der Waals surface area contributed by atoms with Crippen LogP contribution in [0.5, 0.6) is 0 Å². The van der Waals surface area contributed by atoms with E-state index < -0.39 is 0 Å². The number of aromatic nitrogens is 1. The van der Waals surface area contributed by atoms with Gasteiger partial charge in [0.15, 0.2) is 0 Å². The molecule has 0 radical (unpaired) electrons. The molecule has 0 bridgehead atoms. The number of benzene rings is 2. The van der Waals surface area contributed by atoms with Crippen LogP contribution < -0.4 is 5.32 Å². The van der Waals surface area contributed by atoms with Crippen LogP contribution in [-0.4, -0.2) is 11.5 Å². The molecule has 3 rings (SSSR count). The summed E-state index contributed by atoms with van der Waals surface area (Å²) in [4.78, 5) is 3.23. The van der Waals surface area contributed by atoms with Gasteiger partial charge in [0, 0.05) is 35.2 Å². The van der Waals surface area contributed by atoms with Gasteiger partial charge in [0.2, 0.25) is 0 Å². The Morgan fingerprint density at radius 3 is 2.57 bits per heavy atom. The molecule has 1 heterocycles. The summed E-state index contributed by atoms with van der Waals surface area (Å²) < 4.78 is 0. The molecule has 0 saturated heterocycles. The Morgan fingerprint density at radius 2 is 1.81 bits per heavy atom. The lowest BCUT2D eigenvalue weighted by Gasteiger charge is -2.22. The van der Waals surface area contributed by atoms with Crippen molar-refractivity contribution < 1.29 is 0 Å². The minimum atomic E-state index is 0.521. The first kappa shape index (κ1) is 13.7. The molecule has 0 spiro atoms. The average molecular weight is 278 g/mol. The van der Waals surface area contributed by atoms with E-state index in [1.54, 1.807) is 0 Å². The van der Waals surface area contributed by atoms with Crippen molar-refractivity contribution in [1.29, 1.82) is 0 Å². The maximum absolute atomic E-state index is 3.59. The Kier molecular flexibility index (Phi) is 3.96. The Labute approximate surface area is 126 Å². The molecule has 2 nitrogen and oxygen atoms in total. The SMILES string of the molecule is CC(C)C(CNc1ccc2[nH]ccc2c1)c1ccccc1. The highest BCUT2D eigenvalue weighted by Gasteiger charge is 2.15. The molecule has 1 unspecified atom stereocenters. The molecule has 3 aromatic rings. The molecule has 2 heteroatoms. The zero-order chi connectivity index (χ0) is 14.7. The summed E-state index contributed by atoms with van der Waals surface area (Å²) in [6.07, 6.45) is 1.98. The van der Waals surface area contributed by atoms with Crippen LogP contribution in [0.3, 0.4) is 0 Å². The van der Waals surface area contributed by atoms with Crippen molar-refractivity contribution in [3.05, 3.63) is 66.4 Å². The number of anilines is 1. The predicted octanol–water partition coefficient (Wildman–Crippen LogP) is 5.02. The maximum atomic E-state index is 3.59. The number of fused-ring (bicyclic) bond motifs is 1. The molecule has 1 atom stereocenters. The van der Waals surface area contributed by atoms with E-state index in [2.05, 4.69) is 78.7 Å². The van der Waals surface area contributed by atoms with Gasteiger partial charge in [0.05, 0.1) is 0 Å². The van der Waals surface area contributed by atoms with Gasteiger partial charge in [0.25, 0.3) is 0 Å². The van der Waals surface area contributed by atoms with Crippen molar-refractivity contribution >= 4 is 16.6 Å². The highest BCUT2D eigenvalue weighted by molar-refractivity contribution is 5.82. The smallest absolute Gasteiger partial charge is 0.0455 e. The monoisotopic (exact) mass is 278 g/mol.